The van der Waals surface area contributed by atoms with E-state index in [1.165, 1.54) is 0 Å². The Kier molecular flexibility index (Phi) is 4.14. The quantitative estimate of drug-likeness (QED) is 0.903. The van der Waals surface area contributed by atoms with Gasteiger partial charge in [-0.25, -0.2) is 4.68 Å². The number of aliphatic hydroxyl groups excluding tert-OH is 1. The number of nitrogens with one attached hydrogen (secondary N) is 1. The second-order valence-corrected chi connectivity index (χ2v) is 5.88. The third kappa shape index (κ3) is 3.49. The minimum Gasteiger partial charge on any atom is -0.394 e. The van der Waals surface area contributed by atoms with Gasteiger partial charge >= 0.3 is 0 Å². The summed E-state index contributed by atoms with van der Waals surface area (Å²) in [7, 11) is 0. The fraction of sp³-hybridized carbons (Fsp3) is 0.375. The Bertz CT molecular complexity index is 642. The SMILES string of the molecule is Cc1cc(C)n(-c2ccc(C(=O)NC(C)(C)CO)cc2)n1. The molecule has 1 aromatic heterocycles. The summed E-state index contributed by atoms with van der Waals surface area (Å²) < 4.78 is 1.84. The third-order valence-corrected chi connectivity index (χ3v) is 3.23. The van der Waals surface area contributed by atoms with E-state index in [1.54, 1.807) is 26.0 Å². The van der Waals surface area contributed by atoms with E-state index in [1.807, 2.05) is 36.7 Å². The minimum atomic E-state index is -0.633. The topological polar surface area (TPSA) is 67.2 Å². The maximum Gasteiger partial charge on any atom is 0.251 e. The largest absolute Gasteiger partial charge is 0.394 e. The van der Waals surface area contributed by atoms with Crippen LogP contribution in [-0.4, -0.2) is 32.9 Å². The van der Waals surface area contributed by atoms with Gasteiger partial charge in [0.2, 0.25) is 0 Å². The fourth-order valence-corrected chi connectivity index (χ4v) is 2.06. The molecular formula is C16H21N3O2. The molecule has 1 heterocycles. The molecule has 0 unspecified atom stereocenters. The summed E-state index contributed by atoms with van der Waals surface area (Å²) >= 11 is 0. The first-order chi connectivity index (χ1) is 9.82. The van der Waals surface area contributed by atoms with Crippen molar-refractivity contribution in [2.45, 2.75) is 33.2 Å². The molecule has 0 atom stereocenters. The molecular weight excluding hydrogens is 266 g/mol. The number of amides is 1. The number of carbonyl (C=O) groups excluding carboxylic acids is 1. The predicted octanol–water partition coefficient (Wildman–Crippen LogP) is 1.99. The highest BCUT2D eigenvalue weighted by molar-refractivity contribution is 5.94. The first kappa shape index (κ1) is 15.3. The number of rotatable bonds is 4. The lowest BCUT2D eigenvalue weighted by Crippen LogP contribution is -2.46. The van der Waals surface area contributed by atoms with Crippen molar-refractivity contribution in [2.24, 2.45) is 0 Å². The lowest BCUT2D eigenvalue weighted by molar-refractivity contribution is 0.0869. The molecule has 0 radical (unpaired) electrons. The van der Waals surface area contributed by atoms with E-state index in [2.05, 4.69) is 10.4 Å². The second kappa shape index (κ2) is 5.69. The Hall–Kier alpha value is -2.14. The molecule has 21 heavy (non-hydrogen) atoms. The number of aliphatic hydroxyl groups is 1. The van der Waals surface area contributed by atoms with Crippen molar-refractivity contribution < 1.29 is 9.90 Å². The number of aromatic nitrogens is 2. The lowest BCUT2D eigenvalue weighted by Gasteiger charge is -2.23. The van der Waals surface area contributed by atoms with Gasteiger partial charge in [-0.1, -0.05) is 0 Å². The van der Waals surface area contributed by atoms with Gasteiger partial charge in [-0.3, -0.25) is 4.79 Å². The van der Waals surface area contributed by atoms with E-state index in [4.69, 9.17) is 0 Å². The molecule has 0 bridgehead atoms. The first-order valence-corrected chi connectivity index (χ1v) is 6.89. The summed E-state index contributed by atoms with van der Waals surface area (Å²) in [6, 6.07) is 9.24. The van der Waals surface area contributed by atoms with Crippen molar-refractivity contribution >= 4 is 5.91 Å². The summed E-state index contributed by atoms with van der Waals surface area (Å²) in [6.07, 6.45) is 0. The van der Waals surface area contributed by atoms with Crippen molar-refractivity contribution in [1.82, 2.24) is 15.1 Å². The standard InChI is InChI=1S/C16H21N3O2/c1-11-9-12(2)19(18-11)14-7-5-13(6-8-14)15(21)17-16(3,4)10-20/h5-9,20H,10H2,1-4H3,(H,17,21). The number of nitrogens with zero attached hydrogens (tertiary/aromatic N) is 2. The van der Waals surface area contributed by atoms with E-state index in [-0.39, 0.29) is 12.5 Å². The van der Waals surface area contributed by atoms with Crippen LogP contribution in [0.5, 0.6) is 0 Å². The Morgan fingerprint density at radius 3 is 2.38 bits per heavy atom. The second-order valence-electron chi connectivity index (χ2n) is 5.88. The summed E-state index contributed by atoms with van der Waals surface area (Å²) in [5, 5.41) is 16.4. The van der Waals surface area contributed by atoms with Gasteiger partial charge < -0.3 is 10.4 Å². The number of hydrogen-bond donors (Lipinski definition) is 2. The number of carbonyl (C=O) groups is 1. The summed E-state index contributed by atoms with van der Waals surface area (Å²) in [5.74, 6) is -0.200. The highest BCUT2D eigenvalue weighted by Crippen LogP contribution is 2.13. The van der Waals surface area contributed by atoms with Gasteiger partial charge in [0.15, 0.2) is 0 Å². The molecule has 2 rings (SSSR count). The van der Waals surface area contributed by atoms with Crippen LogP contribution in [0.25, 0.3) is 5.69 Å². The molecule has 0 spiro atoms. The van der Waals surface area contributed by atoms with Gasteiger partial charge in [0, 0.05) is 11.3 Å². The van der Waals surface area contributed by atoms with Crippen LogP contribution in [0.3, 0.4) is 0 Å². The van der Waals surface area contributed by atoms with Crippen molar-refractivity contribution in [2.75, 3.05) is 6.61 Å². The Morgan fingerprint density at radius 2 is 1.90 bits per heavy atom. The van der Waals surface area contributed by atoms with Gasteiger partial charge in [0.25, 0.3) is 5.91 Å². The maximum atomic E-state index is 12.1. The van der Waals surface area contributed by atoms with Gasteiger partial charge in [0.05, 0.1) is 23.5 Å². The van der Waals surface area contributed by atoms with Crippen molar-refractivity contribution in [1.29, 1.82) is 0 Å². The van der Waals surface area contributed by atoms with E-state index >= 15 is 0 Å². The number of benzene rings is 1. The zero-order valence-corrected chi connectivity index (χ0v) is 12.8. The molecule has 1 amide bonds. The van der Waals surface area contributed by atoms with Crippen LogP contribution < -0.4 is 5.32 Å². The van der Waals surface area contributed by atoms with Crippen molar-refractivity contribution in [3.63, 3.8) is 0 Å². The van der Waals surface area contributed by atoms with Gasteiger partial charge in [-0.15, -0.1) is 0 Å². The molecule has 0 aliphatic rings. The smallest absolute Gasteiger partial charge is 0.251 e. The maximum absolute atomic E-state index is 12.1. The highest BCUT2D eigenvalue weighted by Gasteiger charge is 2.19. The first-order valence-electron chi connectivity index (χ1n) is 6.89. The Morgan fingerprint density at radius 1 is 1.29 bits per heavy atom. The molecule has 0 saturated carbocycles. The molecule has 112 valence electrons. The molecule has 0 saturated heterocycles. The van der Waals surface area contributed by atoms with Gasteiger partial charge in [-0.05, 0) is 58.0 Å². The van der Waals surface area contributed by atoms with E-state index in [9.17, 15) is 9.90 Å². The van der Waals surface area contributed by atoms with E-state index < -0.39 is 5.54 Å². The molecule has 2 N–H and O–H groups in total. The molecule has 0 aliphatic carbocycles. The average molecular weight is 287 g/mol. The normalized spacial score (nSPS) is 11.5. The van der Waals surface area contributed by atoms with Gasteiger partial charge in [-0.2, -0.15) is 5.10 Å². The van der Waals surface area contributed by atoms with E-state index in [0.29, 0.717) is 5.56 Å². The van der Waals surface area contributed by atoms with Crippen molar-refractivity contribution in [3.05, 3.63) is 47.3 Å². The van der Waals surface area contributed by atoms with Crippen LogP contribution in [-0.2, 0) is 0 Å². The molecule has 0 fully saturated rings. The highest BCUT2D eigenvalue weighted by atomic mass is 16.3. The molecule has 2 aromatic rings. The van der Waals surface area contributed by atoms with Crippen LogP contribution >= 0.6 is 0 Å². The monoisotopic (exact) mass is 287 g/mol. The molecule has 0 aliphatic heterocycles. The molecule has 1 aromatic carbocycles. The van der Waals surface area contributed by atoms with Crippen LogP contribution in [0.15, 0.2) is 30.3 Å². The van der Waals surface area contributed by atoms with Crippen LogP contribution in [0.1, 0.15) is 35.6 Å². The minimum absolute atomic E-state index is 0.109. The van der Waals surface area contributed by atoms with E-state index in [0.717, 1.165) is 17.1 Å². The van der Waals surface area contributed by atoms with Crippen molar-refractivity contribution in [3.8, 4) is 5.69 Å². The lowest BCUT2D eigenvalue weighted by atomic mass is 10.1. The Labute approximate surface area is 124 Å². The van der Waals surface area contributed by atoms with Crippen LogP contribution in [0, 0.1) is 13.8 Å². The van der Waals surface area contributed by atoms with Crippen LogP contribution in [0.4, 0.5) is 0 Å². The number of aryl methyl sites for hydroxylation is 2. The van der Waals surface area contributed by atoms with Gasteiger partial charge in [0.1, 0.15) is 0 Å². The third-order valence-electron chi connectivity index (χ3n) is 3.23. The summed E-state index contributed by atoms with van der Waals surface area (Å²) in [4.78, 5) is 12.1. The Balaban J connectivity index is 2.19. The molecule has 5 heteroatoms. The average Bonchev–Trinajstić information content (AvgIpc) is 2.77. The summed E-state index contributed by atoms with van der Waals surface area (Å²) in [6.45, 7) is 7.37. The fourth-order valence-electron chi connectivity index (χ4n) is 2.06. The summed E-state index contributed by atoms with van der Waals surface area (Å²) in [5.41, 5.74) is 2.84. The zero-order valence-electron chi connectivity index (χ0n) is 12.8. The zero-order chi connectivity index (χ0) is 15.6. The predicted molar refractivity (Wildman–Crippen MR) is 81.7 cm³/mol. The molecule has 5 nitrogen and oxygen atoms in total. The van der Waals surface area contributed by atoms with Crippen LogP contribution in [0.2, 0.25) is 0 Å². The number of hydrogen-bond acceptors (Lipinski definition) is 3.